The topological polar surface area (TPSA) is 29.1 Å². The maximum Gasteiger partial charge on any atom is 0.129 e. The zero-order valence-corrected chi connectivity index (χ0v) is 7.92. The van der Waals surface area contributed by atoms with E-state index in [0.29, 0.717) is 6.42 Å². The minimum atomic E-state index is 0.259. The number of nitrogens with one attached hydrogen (secondary N) is 1. The summed E-state index contributed by atoms with van der Waals surface area (Å²) in [5.41, 5.74) is 1.12. The maximum atomic E-state index is 10.6. The largest absolute Gasteiger partial charge is 0.385 e. The quantitative estimate of drug-likeness (QED) is 0.700. The fourth-order valence-electron chi connectivity index (χ4n) is 1.13. The molecule has 0 radical (unpaired) electrons. The Morgan fingerprint density at radius 1 is 1.31 bits per heavy atom. The molecule has 0 unspecified atom stereocenters. The molecule has 0 aromatic heterocycles. The van der Waals surface area contributed by atoms with E-state index < -0.39 is 0 Å². The van der Waals surface area contributed by atoms with Gasteiger partial charge < -0.3 is 10.1 Å². The van der Waals surface area contributed by atoms with Gasteiger partial charge in [0, 0.05) is 18.7 Å². The summed E-state index contributed by atoms with van der Waals surface area (Å²) in [7, 11) is 0. The van der Waals surface area contributed by atoms with E-state index in [-0.39, 0.29) is 5.78 Å². The molecule has 0 heterocycles. The van der Waals surface area contributed by atoms with E-state index in [2.05, 4.69) is 5.32 Å². The Labute approximate surface area is 79.0 Å². The minimum absolute atomic E-state index is 0.259. The first kappa shape index (κ1) is 9.78. The second kappa shape index (κ2) is 5.36. The molecule has 0 aliphatic carbocycles. The second-order valence-electron chi connectivity index (χ2n) is 3.10. The molecule has 70 valence electrons. The Balaban J connectivity index is 2.17. The van der Waals surface area contributed by atoms with Gasteiger partial charge in [0.1, 0.15) is 5.78 Å². The highest BCUT2D eigenvalue weighted by Gasteiger charge is 1.93. The van der Waals surface area contributed by atoms with Gasteiger partial charge in [-0.3, -0.25) is 0 Å². The van der Waals surface area contributed by atoms with Crippen LogP contribution in [0.5, 0.6) is 0 Å². The highest BCUT2D eigenvalue weighted by atomic mass is 16.1. The van der Waals surface area contributed by atoms with Crippen LogP contribution in [-0.4, -0.2) is 12.3 Å². The molecular weight excluding hydrogens is 162 g/mol. The van der Waals surface area contributed by atoms with E-state index in [1.165, 1.54) is 0 Å². The number of Topliss-reactive ketones (excluding diaryl/α,β-unsaturated/α-hetero) is 1. The maximum absolute atomic E-state index is 10.6. The van der Waals surface area contributed by atoms with Gasteiger partial charge in [0.15, 0.2) is 0 Å². The van der Waals surface area contributed by atoms with Gasteiger partial charge in [-0.15, -0.1) is 0 Å². The normalized spacial score (nSPS) is 9.62. The standard InChI is InChI=1S/C11H15NO/c1-10(13)6-5-9-12-11-7-3-2-4-8-11/h2-4,7-8,12H,5-6,9H2,1H3. The number of ketones is 1. The fraction of sp³-hybridized carbons (Fsp3) is 0.364. The Hall–Kier alpha value is -1.31. The predicted molar refractivity (Wildman–Crippen MR) is 54.8 cm³/mol. The lowest BCUT2D eigenvalue weighted by Crippen LogP contribution is -2.03. The van der Waals surface area contributed by atoms with E-state index in [1.54, 1.807) is 6.92 Å². The van der Waals surface area contributed by atoms with Gasteiger partial charge >= 0.3 is 0 Å². The Morgan fingerprint density at radius 3 is 2.62 bits per heavy atom. The van der Waals surface area contributed by atoms with Gasteiger partial charge in [0.2, 0.25) is 0 Å². The summed E-state index contributed by atoms with van der Waals surface area (Å²) >= 11 is 0. The number of hydrogen-bond acceptors (Lipinski definition) is 2. The van der Waals surface area contributed by atoms with Crippen LogP contribution in [-0.2, 0) is 4.79 Å². The Morgan fingerprint density at radius 2 is 2.00 bits per heavy atom. The van der Waals surface area contributed by atoms with Gasteiger partial charge in [0.25, 0.3) is 0 Å². The summed E-state index contributed by atoms with van der Waals surface area (Å²) < 4.78 is 0. The summed E-state index contributed by atoms with van der Waals surface area (Å²) in [6, 6.07) is 10.0. The summed E-state index contributed by atoms with van der Waals surface area (Å²) in [6.45, 7) is 2.49. The van der Waals surface area contributed by atoms with Gasteiger partial charge in [0.05, 0.1) is 0 Å². The summed E-state index contributed by atoms with van der Waals surface area (Å²) in [5, 5.41) is 3.25. The SMILES string of the molecule is CC(=O)CCCNc1ccccc1. The molecule has 2 heteroatoms. The lowest BCUT2D eigenvalue weighted by atomic mass is 10.2. The fourth-order valence-corrected chi connectivity index (χ4v) is 1.13. The van der Waals surface area contributed by atoms with Crippen molar-refractivity contribution in [1.82, 2.24) is 0 Å². The van der Waals surface area contributed by atoms with Gasteiger partial charge in [-0.2, -0.15) is 0 Å². The number of rotatable bonds is 5. The highest BCUT2D eigenvalue weighted by molar-refractivity contribution is 5.75. The number of carbonyl (C=O) groups is 1. The van der Waals surface area contributed by atoms with Crippen molar-refractivity contribution in [3.63, 3.8) is 0 Å². The molecular formula is C11H15NO. The van der Waals surface area contributed by atoms with Crippen LogP contribution < -0.4 is 5.32 Å². The first-order valence-electron chi connectivity index (χ1n) is 4.57. The first-order chi connectivity index (χ1) is 6.29. The number of hydrogen-bond donors (Lipinski definition) is 1. The molecule has 0 atom stereocenters. The molecule has 0 saturated carbocycles. The molecule has 13 heavy (non-hydrogen) atoms. The first-order valence-corrected chi connectivity index (χ1v) is 4.57. The number of anilines is 1. The third-order valence-electron chi connectivity index (χ3n) is 1.81. The predicted octanol–water partition coefficient (Wildman–Crippen LogP) is 2.47. The lowest BCUT2D eigenvalue weighted by molar-refractivity contribution is -0.117. The van der Waals surface area contributed by atoms with Crippen LogP contribution in [0, 0.1) is 0 Å². The molecule has 1 N–H and O–H groups in total. The Bertz CT molecular complexity index is 256. The summed E-state index contributed by atoms with van der Waals surface area (Å²) in [5.74, 6) is 0.259. The third kappa shape index (κ3) is 4.31. The van der Waals surface area contributed by atoms with Gasteiger partial charge in [-0.05, 0) is 25.5 Å². The van der Waals surface area contributed by atoms with Crippen LogP contribution in [0.15, 0.2) is 30.3 Å². The Kier molecular flexibility index (Phi) is 4.03. The zero-order chi connectivity index (χ0) is 9.52. The lowest BCUT2D eigenvalue weighted by Gasteiger charge is -2.04. The van der Waals surface area contributed by atoms with Crippen LogP contribution >= 0.6 is 0 Å². The molecule has 1 rings (SSSR count). The molecule has 2 nitrogen and oxygen atoms in total. The number of carbonyl (C=O) groups excluding carboxylic acids is 1. The zero-order valence-electron chi connectivity index (χ0n) is 7.92. The monoisotopic (exact) mass is 177 g/mol. The molecule has 0 saturated heterocycles. The average molecular weight is 177 g/mol. The van der Waals surface area contributed by atoms with Crippen molar-refractivity contribution < 1.29 is 4.79 Å². The van der Waals surface area contributed by atoms with Crippen molar-refractivity contribution >= 4 is 11.5 Å². The molecule has 0 spiro atoms. The van der Waals surface area contributed by atoms with E-state index in [0.717, 1.165) is 18.7 Å². The minimum Gasteiger partial charge on any atom is -0.385 e. The molecule has 0 bridgehead atoms. The van der Waals surface area contributed by atoms with Gasteiger partial charge in [-0.25, -0.2) is 0 Å². The molecule has 0 aliphatic rings. The summed E-state index contributed by atoms with van der Waals surface area (Å²) in [4.78, 5) is 10.6. The van der Waals surface area contributed by atoms with E-state index >= 15 is 0 Å². The van der Waals surface area contributed by atoms with Crippen molar-refractivity contribution in [1.29, 1.82) is 0 Å². The third-order valence-corrected chi connectivity index (χ3v) is 1.81. The van der Waals surface area contributed by atoms with E-state index in [9.17, 15) is 4.79 Å². The van der Waals surface area contributed by atoms with Crippen molar-refractivity contribution in [2.24, 2.45) is 0 Å². The van der Waals surface area contributed by atoms with Crippen molar-refractivity contribution in [2.75, 3.05) is 11.9 Å². The summed E-state index contributed by atoms with van der Waals surface area (Å²) in [6.07, 6.45) is 1.57. The average Bonchev–Trinajstić information content (AvgIpc) is 2.14. The molecule has 0 aliphatic heterocycles. The van der Waals surface area contributed by atoms with Crippen molar-refractivity contribution in [3.8, 4) is 0 Å². The van der Waals surface area contributed by atoms with E-state index in [1.807, 2.05) is 30.3 Å². The number of benzene rings is 1. The van der Waals surface area contributed by atoms with Crippen molar-refractivity contribution in [2.45, 2.75) is 19.8 Å². The van der Waals surface area contributed by atoms with Crippen LogP contribution in [0.1, 0.15) is 19.8 Å². The van der Waals surface area contributed by atoms with E-state index in [4.69, 9.17) is 0 Å². The van der Waals surface area contributed by atoms with Crippen LogP contribution in [0.3, 0.4) is 0 Å². The van der Waals surface area contributed by atoms with Crippen molar-refractivity contribution in [3.05, 3.63) is 30.3 Å². The van der Waals surface area contributed by atoms with Crippen LogP contribution in [0.25, 0.3) is 0 Å². The molecule has 0 amide bonds. The van der Waals surface area contributed by atoms with Crippen LogP contribution in [0.2, 0.25) is 0 Å². The molecule has 1 aromatic carbocycles. The smallest absolute Gasteiger partial charge is 0.129 e. The molecule has 1 aromatic rings. The second-order valence-corrected chi connectivity index (χ2v) is 3.10. The molecule has 0 fully saturated rings. The highest BCUT2D eigenvalue weighted by Crippen LogP contribution is 2.04. The van der Waals surface area contributed by atoms with Crippen LogP contribution in [0.4, 0.5) is 5.69 Å². The number of para-hydroxylation sites is 1. The van der Waals surface area contributed by atoms with Gasteiger partial charge in [-0.1, -0.05) is 18.2 Å².